The Kier molecular flexibility index (Phi) is 4.08. The topological polar surface area (TPSA) is 40.5 Å². The highest BCUT2D eigenvalue weighted by atomic mass is 19.1. The van der Waals surface area contributed by atoms with E-state index in [0.29, 0.717) is 6.54 Å². The minimum Gasteiger partial charge on any atom is -0.481 e. The lowest BCUT2D eigenvalue weighted by atomic mass is 9.73. The molecule has 0 aromatic heterocycles. The molecule has 0 bridgehead atoms. The van der Waals surface area contributed by atoms with Gasteiger partial charge in [0, 0.05) is 19.3 Å². The Balaban J connectivity index is 2.12. The third-order valence-electron chi connectivity index (χ3n) is 4.07. The fourth-order valence-corrected chi connectivity index (χ4v) is 2.91. The van der Waals surface area contributed by atoms with E-state index in [1.807, 2.05) is 11.9 Å². The molecule has 3 nitrogen and oxygen atoms in total. The van der Waals surface area contributed by atoms with E-state index in [2.05, 4.69) is 0 Å². The molecule has 1 fully saturated rings. The molecule has 0 atom stereocenters. The first-order valence-electron chi connectivity index (χ1n) is 6.74. The van der Waals surface area contributed by atoms with Crippen LogP contribution in [-0.4, -0.2) is 24.7 Å². The molecule has 0 radical (unpaired) electrons. The molecule has 1 aliphatic rings. The Morgan fingerprint density at radius 2 is 1.84 bits per heavy atom. The number of benzene rings is 1. The van der Waals surface area contributed by atoms with Crippen molar-refractivity contribution in [1.82, 2.24) is 0 Å². The Morgan fingerprint density at radius 1 is 1.26 bits per heavy atom. The van der Waals surface area contributed by atoms with Gasteiger partial charge in [0.1, 0.15) is 5.82 Å². The van der Waals surface area contributed by atoms with E-state index < -0.39 is 11.4 Å². The van der Waals surface area contributed by atoms with Crippen molar-refractivity contribution in [2.45, 2.75) is 32.1 Å². The van der Waals surface area contributed by atoms with Gasteiger partial charge in [0.05, 0.1) is 5.41 Å². The fourth-order valence-electron chi connectivity index (χ4n) is 2.91. The van der Waals surface area contributed by atoms with Crippen LogP contribution in [0.1, 0.15) is 32.1 Å². The van der Waals surface area contributed by atoms with Crippen LogP contribution in [-0.2, 0) is 4.79 Å². The number of halogens is 1. The Bertz CT molecular complexity index is 438. The molecule has 0 amide bonds. The summed E-state index contributed by atoms with van der Waals surface area (Å²) < 4.78 is 12.9. The van der Waals surface area contributed by atoms with E-state index in [9.17, 15) is 14.3 Å². The minimum atomic E-state index is -0.707. The lowest BCUT2D eigenvalue weighted by Gasteiger charge is -2.37. The molecule has 1 saturated carbocycles. The van der Waals surface area contributed by atoms with Gasteiger partial charge in [-0.1, -0.05) is 19.3 Å². The zero-order valence-electron chi connectivity index (χ0n) is 11.2. The predicted octanol–water partition coefficient (Wildman–Crippen LogP) is 3.30. The summed E-state index contributed by atoms with van der Waals surface area (Å²) in [6.07, 6.45) is 4.53. The number of carbonyl (C=O) groups is 1. The second kappa shape index (κ2) is 5.59. The number of rotatable bonds is 4. The summed E-state index contributed by atoms with van der Waals surface area (Å²) in [6, 6.07) is 6.18. The summed E-state index contributed by atoms with van der Waals surface area (Å²) in [4.78, 5) is 13.5. The second-order valence-corrected chi connectivity index (χ2v) is 5.48. The van der Waals surface area contributed by atoms with Crippen LogP contribution >= 0.6 is 0 Å². The highest BCUT2D eigenvalue weighted by Gasteiger charge is 2.40. The first kappa shape index (κ1) is 13.8. The Morgan fingerprint density at radius 3 is 2.37 bits per heavy atom. The third kappa shape index (κ3) is 3.06. The summed E-state index contributed by atoms with van der Waals surface area (Å²) in [5, 5.41) is 9.54. The number of nitrogens with zero attached hydrogens (tertiary/aromatic N) is 1. The summed E-state index contributed by atoms with van der Waals surface area (Å²) in [6.45, 7) is 0.480. The van der Waals surface area contributed by atoms with Crippen LogP contribution in [0, 0.1) is 11.2 Å². The Labute approximate surface area is 113 Å². The maximum absolute atomic E-state index is 12.9. The van der Waals surface area contributed by atoms with Crippen LogP contribution in [0.2, 0.25) is 0 Å². The van der Waals surface area contributed by atoms with Crippen molar-refractivity contribution >= 4 is 11.7 Å². The maximum Gasteiger partial charge on any atom is 0.311 e. The molecule has 1 N–H and O–H groups in total. The first-order valence-corrected chi connectivity index (χ1v) is 6.74. The van der Waals surface area contributed by atoms with Crippen LogP contribution in [0.25, 0.3) is 0 Å². The average molecular weight is 265 g/mol. The van der Waals surface area contributed by atoms with Crippen molar-refractivity contribution in [3.8, 4) is 0 Å². The van der Waals surface area contributed by atoms with Crippen LogP contribution in [0.4, 0.5) is 10.1 Å². The minimum absolute atomic E-state index is 0.275. The van der Waals surface area contributed by atoms with Gasteiger partial charge in [-0.15, -0.1) is 0 Å². The molecule has 19 heavy (non-hydrogen) atoms. The molecule has 0 aliphatic heterocycles. The lowest BCUT2D eigenvalue weighted by molar-refractivity contribution is -0.150. The van der Waals surface area contributed by atoms with E-state index in [0.717, 1.165) is 37.8 Å². The van der Waals surface area contributed by atoms with Crippen LogP contribution < -0.4 is 4.90 Å². The van der Waals surface area contributed by atoms with Gasteiger partial charge >= 0.3 is 5.97 Å². The van der Waals surface area contributed by atoms with Crippen molar-refractivity contribution < 1.29 is 14.3 Å². The zero-order chi connectivity index (χ0) is 13.9. The second-order valence-electron chi connectivity index (χ2n) is 5.48. The smallest absolute Gasteiger partial charge is 0.311 e. The summed E-state index contributed by atoms with van der Waals surface area (Å²) >= 11 is 0. The molecule has 104 valence electrons. The summed E-state index contributed by atoms with van der Waals surface area (Å²) in [5.74, 6) is -0.982. The van der Waals surface area contributed by atoms with E-state index in [-0.39, 0.29) is 5.82 Å². The van der Waals surface area contributed by atoms with Crippen LogP contribution in [0.15, 0.2) is 24.3 Å². The molecule has 2 rings (SSSR count). The maximum atomic E-state index is 12.9. The van der Waals surface area contributed by atoms with E-state index >= 15 is 0 Å². The fraction of sp³-hybridized carbons (Fsp3) is 0.533. The molecule has 1 aromatic carbocycles. The first-order chi connectivity index (χ1) is 9.03. The van der Waals surface area contributed by atoms with Gasteiger partial charge < -0.3 is 10.0 Å². The number of anilines is 1. The highest BCUT2D eigenvalue weighted by Crippen LogP contribution is 2.38. The number of hydrogen-bond donors (Lipinski definition) is 1. The SMILES string of the molecule is CN(CC1(C(=O)O)CCCCC1)c1ccc(F)cc1. The highest BCUT2D eigenvalue weighted by molar-refractivity contribution is 5.75. The van der Waals surface area contributed by atoms with Gasteiger partial charge in [-0.05, 0) is 37.1 Å². The van der Waals surface area contributed by atoms with E-state index in [1.54, 1.807) is 12.1 Å². The number of carboxylic acids is 1. The number of aliphatic carboxylic acids is 1. The molecule has 1 aromatic rings. The molecule has 0 saturated heterocycles. The summed E-state index contributed by atoms with van der Waals surface area (Å²) in [5.41, 5.74) is 0.203. The van der Waals surface area contributed by atoms with Gasteiger partial charge in [-0.25, -0.2) is 4.39 Å². The van der Waals surface area contributed by atoms with Crippen molar-refractivity contribution in [1.29, 1.82) is 0 Å². The zero-order valence-corrected chi connectivity index (χ0v) is 11.2. The van der Waals surface area contributed by atoms with Crippen LogP contribution in [0.5, 0.6) is 0 Å². The number of hydrogen-bond acceptors (Lipinski definition) is 2. The lowest BCUT2D eigenvalue weighted by Crippen LogP contribution is -2.43. The number of carboxylic acid groups (broad SMARTS) is 1. The largest absolute Gasteiger partial charge is 0.481 e. The monoisotopic (exact) mass is 265 g/mol. The normalized spacial score (nSPS) is 18.0. The van der Waals surface area contributed by atoms with Gasteiger partial charge in [-0.3, -0.25) is 4.79 Å². The average Bonchev–Trinajstić information content (AvgIpc) is 2.40. The van der Waals surface area contributed by atoms with Crippen molar-refractivity contribution in [3.05, 3.63) is 30.1 Å². The molecular formula is C15H20FNO2. The molecule has 1 aliphatic carbocycles. The molecular weight excluding hydrogens is 245 g/mol. The summed E-state index contributed by atoms with van der Waals surface area (Å²) in [7, 11) is 1.87. The molecule has 0 heterocycles. The van der Waals surface area contributed by atoms with Gasteiger partial charge in [0.2, 0.25) is 0 Å². The standard InChI is InChI=1S/C15H20FNO2/c1-17(13-7-5-12(16)6-8-13)11-15(14(18)19)9-3-2-4-10-15/h5-8H,2-4,9-11H2,1H3,(H,18,19). The molecule has 4 heteroatoms. The van der Waals surface area contributed by atoms with Gasteiger partial charge in [0.15, 0.2) is 0 Å². The predicted molar refractivity (Wildman–Crippen MR) is 72.8 cm³/mol. The molecule has 0 unspecified atom stereocenters. The van der Waals surface area contributed by atoms with Crippen molar-refractivity contribution in [2.24, 2.45) is 5.41 Å². The van der Waals surface area contributed by atoms with Crippen molar-refractivity contribution in [3.63, 3.8) is 0 Å². The van der Waals surface area contributed by atoms with Crippen LogP contribution in [0.3, 0.4) is 0 Å². The van der Waals surface area contributed by atoms with E-state index in [4.69, 9.17) is 0 Å². The van der Waals surface area contributed by atoms with E-state index in [1.165, 1.54) is 12.1 Å². The third-order valence-corrected chi connectivity index (χ3v) is 4.07. The van der Waals surface area contributed by atoms with Gasteiger partial charge in [0.25, 0.3) is 0 Å². The quantitative estimate of drug-likeness (QED) is 0.908. The van der Waals surface area contributed by atoms with Gasteiger partial charge in [-0.2, -0.15) is 0 Å². The Hall–Kier alpha value is -1.58. The van der Waals surface area contributed by atoms with Crippen molar-refractivity contribution in [2.75, 3.05) is 18.5 Å². The molecule has 0 spiro atoms.